The van der Waals surface area contributed by atoms with Crippen LogP contribution in [-0.4, -0.2) is 11.7 Å². The highest BCUT2D eigenvalue weighted by Crippen LogP contribution is 2.33. The molecule has 0 spiro atoms. The maximum absolute atomic E-state index is 13.6. The molecule has 0 N–H and O–H groups in total. The molecule has 2 aromatic carbocycles. The number of rotatable bonds is 2. The number of ketones is 1. The number of carbonyl (C=O) groups is 2. The summed E-state index contributed by atoms with van der Waals surface area (Å²) < 4.78 is 14.6. The number of nitrogens with zero attached hydrogens (tertiary/aromatic N) is 1. The van der Waals surface area contributed by atoms with E-state index in [0.29, 0.717) is 21.3 Å². The molecule has 0 aliphatic carbocycles. The first kappa shape index (κ1) is 14.4. The third kappa shape index (κ3) is 2.42. The number of carbonyl (C=O) groups excluding carboxylic acids is 2. The Bertz CT molecular complexity index is 776. The molecule has 0 unspecified atom stereocenters. The lowest BCUT2D eigenvalue weighted by Gasteiger charge is -2.17. The average Bonchev–Trinajstić information content (AvgIpc) is 2.69. The van der Waals surface area contributed by atoms with E-state index >= 15 is 0 Å². The Kier molecular flexibility index (Phi) is 3.67. The van der Waals surface area contributed by atoms with Crippen LogP contribution < -0.4 is 4.90 Å². The molecule has 0 fully saturated rings. The van der Waals surface area contributed by atoms with E-state index in [4.69, 9.17) is 0 Å². The van der Waals surface area contributed by atoms with Gasteiger partial charge in [-0.25, -0.2) is 4.39 Å². The zero-order chi connectivity index (χ0) is 15.1. The molecule has 106 valence electrons. The van der Waals surface area contributed by atoms with E-state index < -0.39 is 17.5 Å². The van der Waals surface area contributed by atoms with E-state index in [2.05, 4.69) is 31.9 Å². The van der Waals surface area contributed by atoms with Gasteiger partial charge in [-0.05, 0) is 45.8 Å². The van der Waals surface area contributed by atoms with E-state index in [9.17, 15) is 14.0 Å². The highest BCUT2D eigenvalue weighted by Gasteiger charge is 2.36. The highest BCUT2D eigenvalue weighted by atomic mass is 79.9. The van der Waals surface area contributed by atoms with Crippen molar-refractivity contribution in [2.24, 2.45) is 0 Å². The summed E-state index contributed by atoms with van der Waals surface area (Å²) in [5.41, 5.74) is 1.51. The van der Waals surface area contributed by atoms with Crippen molar-refractivity contribution in [3.63, 3.8) is 0 Å². The first-order valence-corrected chi connectivity index (χ1v) is 7.66. The molecule has 1 heterocycles. The van der Waals surface area contributed by atoms with E-state index in [0.717, 1.165) is 4.47 Å². The largest absolute Gasteiger partial charge is 0.300 e. The second-order valence-electron chi connectivity index (χ2n) is 4.59. The predicted molar refractivity (Wildman–Crippen MR) is 83.8 cm³/mol. The van der Waals surface area contributed by atoms with Gasteiger partial charge in [-0.3, -0.25) is 9.59 Å². The van der Waals surface area contributed by atoms with Gasteiger partial charge in [-0.15, -0.1) is 0 Å². The minimum Gasteiger partial charge on any atom is -0.300 e. The number of amides is 1. The molecule has 1 amide bonds. The lowest BCUT2D eigenvalue weighted by Crippen LogP contribution is -2.29. The van der Waals surface area contributed by atoms with Crippen LogP contribution in [0.1, 0.15) is 15.9 Å². The highest BCUT2D eigenvalue weighted by molar-refractivity contribution is 9.10. The quantitative estimate of drug-likeness (QED) is 0.697. The second-order valence-corrected chi connectivity index (χ2v) is 6.30. The molecule has 0 atom stereocenters. The molecule has 3 nitrogen and oxygen atoms in total. The van der Waals surface area contributed by atoms with E-state index in [1.807, 2.05) is 0 Å². The van der Waals surface area contributed by atoms with Crippen LogP contribution in [0.2, 0.25) is 0 Å². The van der Waals surface area contributed by atoms with Crippen molar-refractivity contribution in [1.29, 1.82) is 0 Å². The molecule has 2 aromatic rings. The van der Waals surface area contributed by atoms with Crippen molar-refractivity contribution in [2.45, 2.75) is 6.54 Å². The van der Waals surface area contributed by atoms with Crippen molar-refractivity contribution in [3.05, 3.63) is 62.3 Å². The molecule has 1 aliphatic heterocycles. The summed E-state index contributed by atoms with van der Waals surface area (Å²) in [7, 11) is 0. The first-order chi connectivity index (χ1) is 9.99. The fourth-order valence-corrected chi connectivity index (χ4v) is 3.02. The molecule has 21 heavy (non-hydrogen) atoms. The number of Topliss-reactive ketones (excluding diaryl/α,β-unsaturated/α-hetero) is 1. The Labute approximate surface area is 137 Å². The van der Waals surface area contributed by atoms with Crippen LogP contribution in [0, 0.1) is 5.82 Å². The van der Waals surface area contributed by atoms with Gasteiger partial charge in [0.1, 0.15) is 5.82 Å². The van der Waals surface area contributed by atoms with Gasteiger partial charge in [0.25, 0.3) is 11.7 Å². The zero-order valence-corrected chi connectivity index (χ0v) is 13.7. The van der Waals surface area contributed by atoms with Gasteiger partial charge in [-0.2, -0.15) is 0 Å². The lowest BCUT2D eigenvalue weighted by atomic mass is 10.1. The van der Waals surface area contributed by atoms with Crippen molar-refractivity contribution < 1.29 is 14.0 Å². The van der Waals surface area contributed by atoms with Crippen LogP contribution in [0.15, 0.2) is 45.3 Å². The number of halogens is 3. The molecule has 6 heteroatoms. The third-order valence-electron chi connectivity index (χ3n) is 3.29. The number of anilines is 1. The van der Waals surface area contributed by atoms with Gasteiger partial charge >= 0.3 is 0 Å². The van der Waals surface area contributed by atoms with Crippen LogP contribution in [0.25, 0.3) is 0 Å². The Morgan fingerprint density at radius 1 is 1.10 bits per heavy atom. The molecular weight excluding hydrogens is 405 g/mol. The van der Waals surface area contributed by atoms with Gasteiger partial charge in [0, 0.05) is 4.47 Å². The molecule has 0 radical (unpaired) electrons. The second kappa shape index (κ2) is 5.35. The zero-order valence-electron chi connectivity index (χ0n) is 10.6. The number of hydrogen-bond donors (Lipinski definition) is 0. The number of benzene rings is 2. The van der Waals surface area contributed by atoms with E-state index in [1.54, 1.807) is 30.3 Å². The fraction of sp³-hybridized carbons (Fsp3) is 0.0667. The standard InChI is InChI=1S/C15H8Br2FNO2/c16-9-4-5-12-10(6-9)14(20)15(21)19(12)7-8-2-1-3-11(18)13(8)17/h1-6H,7H2. The minimum atomic E-state index is -0.598. The monoisotopic (exact) mass is 411 g/mol. The topological polar surface area (TPSA) is 37.4 Å². The molecule has 0 saturated heterocycles. The van der Waals surface area contributed by atoms with E-state index in [1.165, 1.54) is 11.0 Å². The Hall–Kier alpha value is -1.53. The average molecular weight is 413 g/mol. The van der Waals surface area contributed by atoms with Crippen LogP contribution in [0.3, 0.4) is 0 Å². The third-order valence-corrected chi connectivity index (χ3v) is 4.67. The minimum absolute atomic E-state index is 0.136. The predicted octanol–water partition coefficient (Wildman–Crippen LogP) is 4.08. The van der Waals surface area contributed by atoms with Crippen LogP contribution in [0.5, 0.6) is 0 Å². The Morgan fingerprint density at radius 3 is 2.62 bits per heavy atom. The van der Waals surface area contributed by atoms with Crippen molar-refractivity contribution in [1.82, 2.24) is 0 Å². The van der Waals surface area contributed by atoms with E-state index in [-0.39, 0.29) is 6.54 Å². The number of hydrogen-bond acceptors (Lipinski definition) is 2. The normalized spacial score (nSPS) is 13.8. The summed E-state index contributed by atoms with van der Waals surface area (Å²) in [6.45, 7) is 0.136. The summed E-state index contributed by atoms with van der Waals surface area (Å²) >= 11 is 6.45. The summed E-state index contributed by atoms with van der Waals surface area (Å²) in [6.07, 6.45) is 0. The summed E-state index contributed by atoms with van der Waals surface area (Å²) in [5.74, 6) is -1.54. The van der Waals surface area contributed by atoms with Gasteiger partial charge in [-0.1, -0.05) is 28.1 Å². The van der Waals surface area contributed by atoms with Gasteiger partial charge in [0.2, 0.25) is 0 Å². The Balaban J connectivity index is 2.03. The lowest BCUT2D eigenvalue weighted by molar-refractivity contribution is -0.114. The van der Waals surface area contributed by atoms with Crippen molar-refractivity contribution in [2.75, 3.05) is 4.90 Å². The van der Waals surface area contributed by atoms with Gasteiger partial charge < -0.3 is 4.90 Å². The molecule has 0 aromatic heterocycles. The Morgan fingerprint density at radius 2 is 1.86 bits per heavy atom. The summed E-state index contributed by atoms with van der Waals surface area (Å²) in [5, 5.41) is 0. The number of fused-ring (bicyclic) bond motifs is 1. The SMILES string of the molecule is O=C1C(=O)N(Cc2cccc(F)c2Br)c2ccc(Br)cc21. The first-order valence-electron chi connectivity index (χ1n) is 6.07. The smallest absolute Gasteiger partial charge is 0.299 e. The van der Waals surface area contributed by atoms with Crippen molar-refractivity contribution in [3.8, 4) is 0 Å². The summed E-state index contributed by atoms with van der Waals surface area (Å²) in [4.78, 5) is 25.5. The fourth-order valence-electron chi connectivity index (χ4n) is 2.27. The van der Waals surface area contributed by atoms with Crippen LogP contribution >= 0.6 is 31.9 Å². The van der Waals surface area contributed by atoms with Gasteiger partial charge in [0.15, 0.2) is 0 Å². The maximum Gasteiger partial charge on any atom is 0.299 e. The molecule has 3 rings (SSSR count). The van der Waals surface area contributed by atoms with Crippen LogP contribution in [0.4, 0.5) is 10.1 Å². The summed E-state index contributed by atoms with van der Waals surface area (Å²) in [6, 6.07) is 9.70. The van der Waals surface area contributed by atoms with Gasteiger partial charge in [0.05, 0.1) is 22.3 Å². The molecule has 0 bridgehead atoms. The maximum atomic E-state index is 13.6. The molecule has 0 saturated carbocycles. The molecular formula is C15H8Br2FNO2. The van der Waals surface area contributed by atoms with Crippen LogP contribution in [-0.2, 0) is 11.3 Å². The van der Waals surface area contributed by atoms with Crippen molar-refractivity contribution >= 4 is 49.2 Å². The molecule has 1 aliphatic rings.